The Bertz CT molecular complexity index is 1120. The second-order valence-electron chi connectivity index (χ2n) is 8.04. The van der Waals surface area contributed by atoms with Crippen LogP contribution in [0.15, 0.2) is 82.6 Å². The number of hydrogen-bond acceptors (Lipinski definition) is 5. The van der Waals surface area contributed by atoms with Crippen molar-refractivity contribution in [3.05, 3.63) is 89.5 Å². The topological polar surface area (TPSA) is 54.7 Å². The Morgan fingerprint density at radius 1 is 1.06 bits per heavy atom. The summed E-state index contributed by atoms with van der Waals surface area (Å²) >= 11 is 0. The van der Waals surface area contributed by atoms with Crippen LogP contribution in [0.1, 0.15) is 43.0 Å². The highest BCUT2D eigenvalue weighted by Crippen LogP contribution is 2.47. The number of nitrogens with zero attached hydrogens (tertiary/aromatic N) is 1. The average molecular weight is 415 g/mol. The zero-order valence-electron chi connectivity index (χ0n) is 17.8. The fraction of sp³-hybridized carbons (Fsp3) is 0.269. The van der Waals surface area contributed by atoms with Crippen molar-refractivity contribution in [1.82, 2.24) is 0 Å². The van der Waals surface area contributed by atoms with Crippen LogP contribution in [0, 0.1) is 0 Å². The van der Waals surface area contributed by atoms with E-state index < -0.39 is 0 Å². The van der Waals surface area contributed by atoms with Gasteiger partial charge in [-0.3, -0.25) is 4.79 Å². The summed E-state index contributed by atoms with van der Waals surface area (Å²) in [5, 5.41) is 3.62. The molecule has 5 nitrogen and oxygen atoms in total. The Kier molecular flexibility index (Phi) is 5.02. The van der Waals surface area contributed by atoms with E-state index in [9.17, 15) is 4.79 Å². The summed E-state index contributed by atoms with van der Waals surface area (Å²) < 4.78 is 11.0. The highest BCUT2D eigenvalue weighted by atomic mass is 16.5. The van der Waals surface area contributed by atoms with E-state index in [1.165, 1.54) is 0 Å². The van der Waals surface area contributed by atoms with Gasteiger partial charge < -0.3 is 19.4 Å². The first-order chi connectivity index (χ1) is 15.2. The van der Waals surface area contributed by atoms with Gasteiger partial charge in [-0.25, -0.2) is 0 Å². The van der Waals surface area contributed by atoms with Gasteiger partial charge in [-0.2, -0.15) is 0 Å². The molecule has 0 fully saturated rings. The van der Waals surface area contributed by atoms with Crippen molar-refractivity contribution in [3.63, 3.8) is 0 Å². The number of anilines is 2. The summed E-state index contributed by atoms with van der Waals surface area (Å²) in [6.07, 6.45) is 2.88. The monoisotopic (exact) mass is 414 g/mol. The fourth-order valence-electron chi connectivity index (χ4n) is 4.86. The molecule has 1 N–H and O–H groups in total. The molecule has 2 aromatic carbocycles. The molecule has 0 amide bonds. The van der Waals surface area contributed by atoms with E-state index in [0.29, 0.717) is 6.42 Å². The van der Waals surface area contributed by atoms with Crippen LogP contribution in [0.3, 0.4) is 0 Å². The normalized spacial score (nSPS) is 20.6. The molecule has 158 valence electrons. The van der Waals surface area contributed by atoms with Crippen LogP contribution >= 0.6 is 0 Å². The number of hydrogen-bond donors (Lipinski definition) is 1. The maximum absolute atomic E-state index is 13.6. The van der Waals surface area contributed by atoms with Gasteiger partial charge in [0.05, 0.1) is 30.8 Å². The SMILES string of the molecule is CCN1c2ccccc2NC2=C(C(=O)CC(c3ccco3)C2)C1c1ccc(OC)cc1. The molecule has 0 radical (unpaired) electrons. The minimum absolute atomic E-state index is 0.0469. The lowest BCUT2D eigenvalue weighted by Crippen LogP contribution is -2.34. The molecule has 2 aliphatic rings. The van der Waals surface area contributed by atoms with Crippen LogP contribution in [0.25, 0.3) is 0 Å². The third-order valence-corrected chi connectivity index (χ3v) is 6.31. The van der Waals surface area contributed by atoms with Gasteiger partial charge in [-0.05, 0) is 55.3 Å². The number of nitrogens with one attached hydrogen (secondary N) is 1. The van der Waals surface area contributed by atoms with Crippen molar-refractivity contribution >= 4 is 17.2 Å². The van der Waals surface area contributed by atoms with E-state index in [0.717, 1.165) is 52.7 Å². The number of Topliss-reactive ketones (excluding diaryl/α,β-unsaturated/α-hetero) is 1. The lowest BCUT2D eigenvalue weighted by Gasteiger charge is -2.35. The Labute approximate surface area is 182 Å². The lowest BCUT2D eigenvalue weighted by atomic mass is 9.80. The second kappa shape index (κ2) is 7.99. The zero-order chi connectivity index (χ0) is 21.4. The molecule has 3 aromatic rings. The number of furan rings is 1. The van der Waals surface area contributed by atoms with Gasteiger partial charge in [-0.1, -0.05) is 24.3 Å². The van der Waals surface area contributed by atoms with E-state index in [1.54, 1.807) is 13.4 Å². The standard InChI is InChI=1S/C26H26N2O3/c1-3-28-22-8-5-4-7-20(22)27-21-15-18(24-9-6-14-31-24)16-23(29)25(21)26(28)17-10-12-19(30-2)13-11-17/h4-14,18,26-27H,3,15-16H2,1-2H3. The van der Waals surface area contributed by atoms with Crippen molar-refractivity contribution in [3.8, 4) is 5.75 Å². The molecule has 1 aliphatic heterocycles. The maximum atomic E-state index is 13.6. The van der Waals surface area contributed by atoms with Crippen molar-refractivity contribution in [2.24, 2.45) is 0 Å². The van der Waals surface area contributed by atoms with E-state index in [1.807, 2.05) is 36.4 Å². The molecule has 5 heteroatoms. The lowest BCUT2D eigenvalue weighted by molar-refractivity contribution is -0.116. The van der Waals surface area contributed by atoms with Crippen molar-refractivity contribution < 1.29 is 13.9 Å². The van der Waals surface area contributed by atoms with Crippen molar-refractivity contribution in [2.75, 3.05) is 23.9 Å². The summed E-state index contributed by atoms with van der Waals surface area (Å²) in [4.78, 5) is 15.9. The number of rotatable bonds is 4. The van der Waals surface area contributed by atoms with E-state index in [2.05, 4.69) is 41.4 Å². The fourth-order valence-corrected chi connectivity index (χ4v) is 4.86. The predicted octanol–water partition coefficient (Wildman–Crippen LogP) is 5.68. The minimum atomic E-state index is -0.160. The third kappa shape index (κ3) is 3.40. The molecule has 0 saturated carbocycles. The summed E-state index contributed by atoms with van der Waals surface area (Å²) in [6, 6.07) is 20.0. The molecule has 0 spiro atoms. The Morgan fingerprint density at radius 3 is 2.58 bits per heavy atom. The quantitative estimate of drug-likeness (QED) is 0.595. The first-order valence-electron chi connectivity index (χ1n) is 10.8. The van der Waals surface area contributed by atoms with Crippen molar-refractivity contribution in [2.45, 2.75) is 31.7 Å². The van der Waals surface area contributed by atoms with Crippen molar-refractivity contribution in [1.29, 1.82) is 0 Å². The average Bonchev–Trinajstić information content (AvgIpc) is 3.29. The number of allylic oxidation sites excluding steroid dienone is 1. The molecule has 2 unspecified atom stereocenters. The molecule has 5 rings (SSSR count). The molecular formula is C26H26N2O3. The largest absolute Gasteiger partial charge is 0.497 e. The molecule has 2 atom stereocenters. The number of carbonyl (C=O) groups is 1. The van der Waals surface area contributed by atoms with Gasteiger partial charge in [0, 0.05) is 30.2 Å². The summed E-state index contributed by atoms with van der Waals surface area (Å²) in [5.41, 5.74) is 5.05. The number of ketones is 1. The van der Waals surface area contributed by atoms with E-state index in [-0.39, 0.29) is 17.7 Å². The predicted molar refractivity (Wildman–Crippen MR) is 122 cm³/mol. The highest BCUT2D eigenvalue weighted by molar-refractivity contribution is 6.01. The third-order valence-electron chi connectivity index (χ3n) is 6.31. The zero-order valence-corrected chi connectivity index (χ0v) is 17.8. The number of methoxy groups -OCH3 is 1. The first kappa shape index (κ1) is 19.5. The molecule has 2 heterocycles. The Hall–Kier alpha value is -3.47. The minimum Gasteiger partial charge on any atom is -0.497 e. The number of benzene rings is 2. The molecule has 31 heavy (non-hydrogen) atoms. The van der Waals surface area contributed by atoms with Gasteiger partial charge in [0.15, 0.2) is 5.78 Å². The summed E-state index contributed by atoms with van der Waals surface area (Å²) in [5.74, 6) is 1.89. The molecule has 1 aromatic heterocycles. The van der Waals surface area contributed by atoms with E-state index in [4.69, 9.17) is 9.15 Å². The molecule has 1 aliphatic carbocycles. The van der Waals surface area contributed by atoms with Gasteiger partial charge in [0.2, 0.25) is 0 Å². The first-order valence-corrected chi connectivity index (χ1v) is 10.8. The van der Waals surface area contributed by atoms with Crippen LogP contribution in [-0.4, -0.2) is 19.4 Å². The number of carbonyl (C=O) groups excluding carboxylic acids is 1. The Balaban J connectivity index is 1.67. The number of likely N-dealkylation sites (N-methyl/N-ethyl adjacent to an activating group) is 1. The van der Waals surface area contributed by atoms with Gasteiger partial charge in [-0.15, -0.1) is 0 Å². The van der Waals surface area contributed by atoms with Gasteiger partial charge in [0.25, 0.3) is 0 Å². The van der Waals surface area contributed by atoms with Gasteiger partial charge in [0.1, 0.15) is 11.5 Å². The second-order valence-corrected chi connectivity index (χ2v) is 8.04. The van der Waals surface area contributed by atoms with Crippen LogP contribution in [-0.2, 0) is 4.79 Å². The van der Waals surface area contributed by atoms with Gasteiger partial charge >= 0.3 is 0 Å². The maximum Gasteiger partial charge on any atom is 0.163 e. The highest BCUT2D eigenvalue weighted by Gasteiger charge is 2.39. The van der Waals surface area contributed by atoms with Crippen LogP contribution in [0.4, 0.5) is 11.4 Å². The van der Waals surface area contributed by atoms with Crippen LogP contribution in [0.5, 0.6) is 5.75 Å². The number of ether oxygens (including phenoxy) is 1. The van der Waals surface area contributed by atoms with Crippen LogP contribution < -0.4 is 15.0 Å². The van der Waals surface area contributed by atoms with Crippen LogP contribution in [0.2, 0.25) is 0 Å². The van der Waals surface area contributed by atoms with E-state index >= 15 is 0 Å². The number of para-hydroxylation sites is 2. The number of fused-ring (bicyclic) bond motifs is 1. The Morgan fingerprint density at radius 2 is 1.87 bits per heavy atom. The smallest absolute Gasteiger partial charge is 0.163 e. The molecular weight excluding hydrogens is 388 g/mol. The molecule has 0 bridgehead atoms. The summed E-state index contributed by atoms with van der Waals surface area (Å²) in [6.45, 7) is 2.92. The molecule has 0 saturated heterocycles. The summed E-state index contributed by atoms with van der Waals surface area (Å²) in [7, 11) is 1.67.